The molecule has 1 heterocycles. The molecule has 1 atom stereocenters. The number of likely N-dealkylation sites (N-methyl/N-ethyl adjacent to an activating group) is 1. The lowest BCUT2D eigenvalue weighted by Gasteiger charge is -2.27. The largest absolute Gasteiger partial charge is 0.337 e. The Labute approximate surface area is 128 Å². The number of hydrogen-bond donors (Lipinski definition) is 1. The predicted octanol–water partition coefficient (Wildman–Crippen LogP) is 1.22. The molecule has 0 aromatic carbocycles. The lowest BCUT2D eigenvalue weighted by molar-refractivity contribution is -0.135. The molecule has 0 saturated heterocycles. The minimum atomic E-state index is -0.0104. The topological polar surface area (TPSA) is 48.5 Å². The van der Waals surface area contributed by atoms with Crippen molar-refractivity contribution in [2.45, 2.75) is 20.4 Å². The van der Waals surface area contributed by atoms with Crippen molar-refractivity contribution in [2.24, 2.45) is 5.92 Å². The van der Waals surface area contributed by atoms with E-state index in [2.05, 4.69) is 22.1 Å². The van der Waals surface area contributed by atoms with Gasteiger partial charge in [-0.1, -0.05) is 19.9 Å². The van der Waals surface area contributed by atoms with E-state index in [1.165, 1.54) is 0 Å². The summed E-state index contributed by atoms with van der Waals surface area (Å²) in [6.45, 7) is 7.86. The molecule has 1 rings (SSSR count). The van der Waals surface area contributed by atoms with Crippen LogP contribution < -0.4 is 5.32 Å². The lowest BCUT2D eigenvalue weighted by atomic mass is 10.1. The smallest absolute Gasteiger partial charge is 0.227 e. The first-order valence-corrected chi connectivity index (χ1v) is 7.57. The number of carbonyl (C=O) groups excluding carboxylic acids is 1. The van der Waals surface area contributed by atoms with Crippen LogP contribution in [0.4, 0.5) is 0 Å². The van der Waals surface area contributed by atoms with Gasteiger partial charge in [0.25, 0.3) is 0 Å². The molecular formula is C16H28N4O. The van der Waals surface area contributed by atoms with E-state index in [1.807, 2.05) is 44.2 Å². The molecule has 1 unspecified atom stereocenters. The number of aromatic nitrogens is 1. The van der Waals surface area contributed by atoms with Crippen molar-refractivity contribution in [3.8, 4) is 0 Å². The van der Waals surface area contributed by atoms with E-state index in [9.17, 15) is 4.79 Å². The normalized spacial score (nSPS) is 12.4. The number of pyridine rings is 1. The summed E-state index contributed by atoms with van der Waals surface area (Å²) in [5, 5.41) is 3.24. The molecule has 0 fully saturated rings. The average molecular weight is 292 g/mol. The second-order valence-corrected chi connectivity index (χ2v) is 5.63. The zero-order valence-electron chi connectivity index (χ0n) is 13.7. The highest BCUT2D eigenvalue weighted by Gasteiger charge is 2.20. The molecule has 0 aliphatic heterocycles. The third-order valence-corrected chi connectivity index (χ3v) is 3.35. The zero-order valence-corrected chi connectivity index (χ0v) is 13.7. The van der Waals surface area contributed by atoms with E-state index in [0.29, 0.717) is 6.54 Å². The van der Waals surface area contributed by atoms with Crippen LogP contribution in [0, 0.1) is 5.92 Å². The van der Waals surface area contributed by atoms with Crippen LogP contribution in [0.5, 0.6) is 0 Å². The van der Waals surface area contributed by atoms with Crippen LogP contribution in [0.2, 0.25) is 0 Å². The number of carbonyl (C=O) groups is 1. The van der Waals surface area contributed by atoms with E-state index in [4.69, 9.17) is 0 Å². The van der Waals surface area contributed by atoms with Crippen molar-refractivity contribution >= 4 is 5.91 Å². The van der Waals surface area contributed by atoms with Gasteiger partial charge in [0.15, 0.2) is 0 Å². The van der Waals surface area contributed by atoms with E-state index in [0.717, 1.165) is 31.7 Å². The Morgan fingerprint density at radius 2 is 2.14 bits per heavy atom. The van der Waals surface area contributed by atoms with Crippen molar-refractivity contribution in [1.29, 1.82) is 0 Å². The molecule has 1 aromatic rings. The van der Waals surface area contributed by atoms with Crippen molar-refractivity contribution < 1.29 is 4.79 Å². The highest BCUT2D eigenvalue weighted by Crippen LogP contribution is 2.08. The molecule has 0 aliphatic rings. The number of amides is 1. The van der Waals surface area contributed by atoms with Gasteiger partial charge < -0.3 is 15.1 Å². The van der Waals surface area contributed by atoms with Gasteiger partial charge in [0.1, 0.15) is 0 Å². The van der Waals surface area contributed by atoms with Gasteiger partial charge in [-0.25, -0.2) is 0 Å². The van der Waals surface area contributed by atoms with Crippen molar-refractivity contribution in [1.82, 2.24) is 20.1 Å². The highest BCUT2D eigenvalue weighted by atomic mass is 16.2. The van der Waals surface area contributed by atoms with E-state index in [-0.39, 0.29) is 11.8 Å². The fraction of sp³-hybridized carbons (Fsp3) is 0.625. The molecule has 5 nitrogen and oxygen atoms in total. The number of nitrogens with zero attached hydrogens (tertiary/aromatic N) is 3. The molecule has 0 spiro atoms. The molecule has 21 heavy (non-hydrogen) atoms. The van der Waals surface area contributed by atoms with E-state index < -0.39 is 0 Å². The van der Waals surface area contributed by atoms with E-state index >= 15 is 0 Å². The summed E-state index contributed by atoms with van der Waals surface area (Å²) in [6.07, 6.45) is 3.58. The summed E-state index contributed by atoms with van der Waals surface area (Å²) in [7, 11) is 4.05. The second-order valence-electron chi connectivity index (χ2n) is 5.63. The molecule has 118 valence electrons. The summed E-state index contributed by atoms with van der Waals surface area (Å²) < 4.78 is 0. The van der Waals surface area contributed by atoms with Gasteiger partial charge in [-0.2, -0.15) is 0 Å². The van der Waals surface area contributed by atoms with Gasteiger partial charge in [0.05, 0.1) is 0 Å². The van der Waals surface area contributed by atoms with Crippen LogP contribution in [0.25, 0.3) is 0 Å². The summed E-state index contributed by atoms with van der Waals surface area (Å²) in [6, 6.07) is 3.92. The maximum atomic E-state index is 12.6. The fourth-order valence-corrected chi connectivity index (χ4v) is 2.06. The molecule has 0 bridgehead atoms. The monoisotopic (exact) mass is 292 g/mol. The molecule has 1 N–H and O–H groups in total. The van der Waals surface area contributed by atoms with Gasteiger partial charge in [0.2, 0.25) is 5.91 Å². The molecule has 1 aromatic heterocycles. The summed E-state index contributed by atoms with van der Waals surface area (Å²) >= 11 is 0. The van der Waals surface area contributed by atoms with Crippen LogP contribution in [0.15, 0.2) is 24.5 Å². The second kappa shape index (κ2) is 9.47. The Balaban J connectivity index is 2.68. The number of hydrogen-bond acceptors (Lipinski definition) is 4. The van der Waals surface area contributed by atoms with Gasteiger partial charge in [-0.05, 0) is 32.3 Å². The molecular weight excluding hydrogens is 264 g/mol. The highest BCUT2D eigenvalue weighted by molar-refractivity contribution is 5.78. The SMILES string of the molecule is CCNCC(C)C(=O)N(CCN(C)C)Cc1cccnc1. The number of rotatable bonds is 9. The van der Waals surface area contributed by atoms with Crippen LogP contribution in [-0.2, 0) is 11.3 Å². The van der Waals surface area contributed by atoms with Gasteiger partial charge in [-0.15, -0.1) is 0 Å². The van der Waals surface area contributed by atoms with E-state index in [1.54, 1.807) is 6.20 Å². The first-order valence-electron chi connectivity index (χ1n) is 7.57. The minimum absolute atomic E-state index is 0.0104. The van der Waals surface area contributed by atoms with Crippen LogP contribution in [0.3, 0.4) is 0 Å². The Kier molecular flexibility index (Phi) is 7.93. The third kappa shape index (κ3) is 6.69. The molecule has 0 saturated carbocycles. The summed E-state index contributed by atoms with van der Waals surface area (Å²) in [5.74, 6) is 0.186. The first kappa shape index (κ1) is 17.6. The Hall–Kier alpha value is -1.46. The van der Waals surface area contributed by atoms with Gasteiger partial charge in [0, 0.05) is 44.5 Å². The number of nitrogens with one attached hydrogen (secondary N) is 1. The summed E-state index contributed by atoms with van der Waals surface area (Å²) in [5.41, 5.74) is 1.07. The maximum absolute atomic E-state index is 12.6. The van der Waals surface area contributed by atoms with Gasteiger partial charge >= 0.3 is 0 Å². The Bertz CT molecular complexity index is 408. The molecule has 0 aliphatic carbocycles. The quantitative estimate of drug-likeness (QED) is 0.743. The van der Waals surface area contributed by atoms with Crippen molar-refractivity contribution in [2.75, 3.05) is 40.3 Å². The Morgan fingerprint density at radius 1 is 1.38 bits per heavy atom. The Morgan fingerprint density at radius 3 is 2.71 bits per heavy atom. The maximum Gasteiger partial charge on any atom is 0.227 e. The third-order valence-electron chi connectivity index (χ3n) is 3.35. The minimum Gasteiger partial charge on any atom is -0.337 e. The summed E-state index contributed by atoms with van der Waals surface area (Å²) in [4.78, 5) is 20.8. The predicted molar refractivity (Wildman–Crippen MR) is 85.9 cm³/mol. The standard InChI is InChI=1S/C16H28N4O/c1-5-17-11-14(2)16(21)20(10-9-19(3)4)13-15-7-6-8-18-12-15/h6-8,12,14,17H,5,9-11,13H2,1-4H3. The van der Waals surface area contributed by atoms with Crippen LogP contribution >= 0.6 is 0 Å². The lowest BCUT2D eigenvalue weighted by Crippen LogP contribution is -2.41. The fourth-order valence-electron chi connectivity index (χ4n) is 2.06. The van der Waals surface area contributed by atoms with Crippen LogP contribution in [-0.4, -0.2) is 61.0 Å². The van der Waals surface area contributed by atoms with Crippen molar-refractivity contribution in [3.63, 3.8) is 0 Å². The molecule has 1 amide bonds. The molecule has 0 radical (unpaired) electrons. The average Bonchev–Trinajstić information content (AvgIpc) is 2.49. The van der Waals surface area contributed by atoms with Gasteiger partial charge in [-0.3, -0.25) is 9.78 Å². The first-order chi connectivity index (χ1) is 10.0. The molecule has 5 heteroatoms. The van der Waals surface area contributed by atoms with Crippen molar-refractivity contribution in [3.05, 3.63) is 30.1 Å². The zero-order chi connectivity index (χ0) is 15.7. The van der Waals surface area contributed by atoms with Crippen LogP contribution in [0.1, 0.15) is 19.4 Å².